The Labute approximate surface area is 54.0 Å². The van der Waals surface area contributed by atoms with E-state index in [9.17, 15) is 4.79 Å². The van der Waals surface area contributed by atoms with Gasteiger partial charge in [0.15, 0.2) is 0 Å². The molecule has 0 fully saturated rings. The van der Waals surface area contributed by atoms with Crippen molar-refractivity contribution < 1.29 is 20.4 Å². The van der Waals surface area contributed by atoms with Crippen LogP contribution in [0.5, 0.6) is 0 Å². The van der Waals surface area contributed by atoms with Crippen LogP contribution in [0.25, 0.3) is 0 Å². The summed E-state index contributed by atoms with van der Waals surface area (Å²) in [6, 6.07) is 0. The van der Waals surface area contributed by atoms with Crippen LogP contribution in [0, 0.1) is 0 Å². The first kappa shape index (κ1) is 15.7. The van der Waals surface area contributed by atoms with E-state index in [4.69, 9.17) is 5.26 Å². The van der Waals surface area contributed by atoms with E-state index < -0.39 is 5.97 Å². The van der Waals surface area contributed by atoms with Gasteiger partial charge in [-0.2, -0.15) is 5.26 Å². The van der Waals surface area contributed by atoms with E-state index in [1.807, 2.05) is 6.92 Å². The van der Waals surface area contributed by atoms with Crippen molar-refractivity contribution in [3.63, 3.8) is 0 Å². The van der Waals surface area contributed by atoms with Crippen molar-refractivity contribution >= 4 is 5.97 Å². The third kappa shape index (κ3) is 147. The average molecular weight is 136 g/mol. The molecule has 0 bridgehead atoms. The van der Waals surface area contributed by atoms with E-state index in [2.05, 4.69) is 11.5 Å². The summed E-state index contributed by atoms with van der Waals surface area (Å²) >= 11 is 0. The lowest BCUT2D eigenvalue weighted by Crippen LogP contribution is -1.89. The number of carbonyl (C=O) groups excluding carboxylic acids is 1. The number of carbonyl (C=O) groups is 1. The maximum absolute atomic E-state index is 9.34. The SMILES string of the molecule is C=CC.CC(=O)OO.O. The van der Waals surface area contributed by atoms with Gasteiger partial charge in [-0.05, 0) is 6.92 Å². The molecule has 56 valence electrons. The number of hydrogen-bond acceptors (Lipinski definition) is 3. The van der Waals surface area contributed by atoms with Gasteiger partial charge in [0.2, 0.25) is 0 Å². The van der Waals surface area contributed by atoms with E-state index in [1.165, 1.54) is 0 Å². The van der Waals surface area contributed by atoms with E-state index in [0.29, 0.717) is 0 Å². The molecular formula is C5H12O4. The Kier molecular flexibility index (Phi) is 27.4. The Bertz CT molecular complexity index is 69.4. The predicted molar refractivity (Wildman–Crippen MR) is 33.9 cm³/mol. The van der Waals surface area contributed by atoms with Crippen LogP contribution in [0.2, 0.25) is 0 Å². The van der Waals surface area contributed by atoms with Crippen LogP contribution in [0.15, 0.2) is 12.7 Å². The van der Waals surface area contributed by atoms with Gasteiger partial charge in [0.05, 0.1) is 0 Å². The van der Waals surface area contributed by atoms with Gasteiger partial charge in [-0.1, -0.05) is 6.08 Å². The third-order valence-electron chi connectivity index (χ3n) is 0.129. The highest BCUT2D eigenvalue weighted by molar-refractivity contribution is 5.64. The Morgan fingerprint density at radius 2 is 1.89 bits per heavy atom. The molecule has 0 aromatic heterocycles. The molecule has 0 aliphatic carbocycles. The summed E-state index contributed by atoms with van der Waals surface area (Å²) in [7, 11) is 0. The molecule has 0 aromatic rings. The van der Waals surface area contributed by atoms with Crippen LogP contribution in [-0.2, 0) is 9.68 Å². The largest absolute Gasteiger partial charge is 0.412 e. The molecular weight excluding hydrogens is 124 g/mol. The van der Waals surface area contributed by atoms with Crippen LogP contribution in [0.3, 0.4) is 0 Å². The number of rotatable bonds is 0. The zero-order chi connectivity index (χ0) is 6.99. The molecule has 0 unspecified atom stereocenters. The zero-order valence-electron chi connectivity index (χ0n) is 5.55. The molecule has 4 heteroatoms. The minimum absolute atomic E-state index is 0. The fourth-order valence-electron chi connectivity index (χ4n) is 0. The van der Waals surface area contributed by atoms with Crippen molar-refractivity contribution in [2.24, 2.45) is 0 Å². The van der Waals surface area contributed by atoms with E-state index in [0.717, 1.165) is 6.92 Å². The topological polar surface area (TPSA) is 78.0 Å². The molecule has 0 aromatic carbocycles. The summed E-state index contributed by atoms with van der Waals surface area (Å²) in [6.07, 6.45) is 1.75. The molecule has 0 spiro atoms. The summed E-state index contributed by atoms with van der Waals surface area (Å²) in [6.45, 7) is 6.36. The molecule has 0 heterocycles. The quantitative estimate of drug-likeness (QED) is 0.297. The lowest BCUT2D eigenvalue weighted by atomic mass is 10.8. The summed E-state index contributed by atoms with van der Waals surface area (Å²) in [4.78, 5) is 12.5. The lowest BCUT2D eigenvalue weighted by molar-refractivity contribution is -0.231. The second kappa shape index (κ2) is 15.7. The van der Waals surface area contributed by atoms with Gasteiger partial charge in [0.1, 0.15) is 0 Å². The summed E-state index contributed by atoms with van der Waals surface area (Å²) in [5.74, 6) is -0.690. The first-order chi connectivity index (χ1) is 3.68. The molecule has 0 amide bonds. The maximum Gasteiger partial charge on any atom is 0.339 e. The molecule has 0 saturated carbocycles. The zero-order valence-corrected chi connectivity index (χ0v) is 5.55. The number of hydrogen-bond donors (Lipinski definition) is 1. The summed E-state index contributed by atoms with van der Waals surface area (Å²) in [5.41, 5.74) is 0. The van der Waals surface area contributed by atoms with Gasteiger partial charge in [-0.15, -0.1) is 6.58 Å². The van der Waals surface area contributed by atoms with E-state index in [1.54, 1.807) is 6.08 Å². The molecule has 0 atom stereocenters. The fourth-order valence-corrected chi connectivity index (χ4v) is 0. The Balaban J connectivity index is -0.0000000800. The molecule has 0 rings (SSSR count). The Morgan fingerprint density at radius 1 is 1.78 bits per heavy atom. The second-order valence-electron chi connectivity index (χ2n) is 0.991. The van der Waals surface area contributed by atoms with Crippen molar-refractivity contribution in [1.29, 1.82) is 0 Å². The van der Waals surface area contributed by atoms with Gasteiger partial charge in [0.25, 0.3) is 0 Å². The third-order valence-corrected chi connectivity index (χ3v) is 0.129. The van der Waals surface area contributed by atoms with Gasteiger partial charge in [-0.25, -0.2) is 4.79 Å². The highest BCUT2D eigenvalue weighted by Crippen LogP contribution is 1.59. The van der Waals surface area contributed by atoms with Crippen LogP contribution >= 0.6 is 0 Å². The van der Waals surface area contributed by atoms with Crippen LogP contribution in [-0.4, -0.2) is 16.7 Å². The molecule has 9 heavy (non-hydrogen) atoms. The fraction of sp³-hybridized carbons (Fsp3) is 0.400. The van der Waals surface area contributed by atoms with Crippen molar-refractivity contribution in [3.05, 3.63) is 12.7 Å². The van der Waals surface area contributed by atoms with Crippen molar-refractivity contribution in [1.82, 2.24) is 0 Å². The van der Waals surface area contributed by atoms with Gasteiger partial charge < -0.3 is 10.4 Å². The summed E-state index contributed by atoms with van der Waals surface area (Å²) < 4.78 is 0. The van der Waals surface area contributed by atoms with Crippen molar-refractivity contribution in [2.45, 2.75) is 13.8 Å². The highest BCUT2D eigenvalue weighted by Gasteiger charge is 1.79. The monoisotopic (exact) mass is 136 g/mol. The molecule has 0 radical (unpaired) electrons. The van der Waals surface area contributed by atoms with Crippen molar-refractivity contribution in [3.8, 4) is 0 Å². The van der Waals surface area contributed by atoms with Gasteiger partial charge in [0, 0.05) is 6.92 Å². The van der Waals surface area contributed by atoms with E-state index >= 15 is 0 Å². The minimum atomic E-state index is -0.690. The first-order valence-electron chi connectivity index (χ1n) is 2.08. The second-order valence-corrected chi connectivity index (χ2v) is 0.991. The lowest BCUT2D eigenvalue weighted by Gasteiger charge is -1.76. The minimum Gasteiger partial charge on any atom is -0.412 e. The molecule has 3 N–H and O–H groups in total. The molecule has 0 aliphatic rings. The first-order valence-corrected chi connectivity index (χ1v) is 2.08. The average Bonchev–Trinajstić information content (AvgIpc) is 1.69. The van der Waals surface area contributed by atoms with Crippen LogP contribution in [0.4, 0.5) is 0 Å². The highest BCUT2D eigenvalue weighted by atomic mass is 17.1. The normalized spacial score (nSPS) is 5.22. The van der Waals surface area contributed by atoms with Gasteiger partial charge in [-0.3, -0.25) is 0 Å². The molecule has 0 saturated heterocycles. The van der Waals surface area contributed by atoms with Crippen LogP contribution < -0.4 is 0 Å². The van der Waals surface area contributed by atoms with Crippen LogP contribution in [0.1, 0.15) is 13.8 Å². The smallest absolute Gasteiger partial charge is 0.339 e. The number of allylic oxidation sites excluding steroid dienone is 1. The Morgan fingerprint density at radius 3 is 1.89 bits per heavy atom. The van der Waals surface area contributed by atoms with Gasteiger partial charge >= 0.3 is 5.97 Å². The Hall–Kier alpha value is -0.870. The predicted octanol–water partition coefficient (Wildman–Crippen LogP) is 0.390. The molecule has 4 nitrogen and oxygen atoms in total. The van der Waals surface area contributed by atoms with Crippen molar-refractivity contribution in [2.75, 3.05) is 0 Å². The summed E-state index contributed by atoms with van der Waals surface area (Å²) in [5, 5.41) is 7.29. The van der Waals surface area contributed by atoms with E-state index in [-0.39, 0.29) is 5.48 Å². The standard InChI is InChI=1S/C3H6.C2H4O3.H2O/c1-3-2;1-2(3)5-4;/h3H,1H2,2H3;4H,1H3;1H2. The maximum atomic E-state index is 9.34. The molecule has 0 aliphatic heterocycles.